The number of thiazole rings is 1. The van der Waals surface area contributed by atoms with E-state index in [4.69, 9.17) is 6.42 Å². The zero-order valence-electron chi connectivity index (χ0n) is 15.2. The van der Waals surface area contributed by atoms with Crippen molar-refractivity contribution >= 4 is 43.0 Å². The first kappa shape index (κ1) is 20.4. The molecule has 0 bridgehead atoms. The Morgan fingerprint density at radius 2 is 1.97 bits per heavy atom. The maximum Gasteiger partial charge on any atom is 0.279 e. The predicted molar refractivity (Wildman–Crippen MR) is 109 cm³/mol. The van der Waals surface area contributed by atoms with Crippen molar-refractivity contribution in [3.05, 3.63) is 62.9 Å². The van der Waals surface area contributed by atoms with Gasteiger partial charge in [-0.1, -0.05) is 24.2 Å². The summed E-state index contributed by atoms with van der Waals surface area (Å²) in [5.74, 6) is 1.85. The molecule has 1 aromatic heterocycles. The van der Waals surface area contributed by atoms with Gasteiger partial charge in [-0.05, 0) is 30.3 Å². The second-order valence-corrected chi connectivity index (χ2v) is 9.22. The summed E-state index contributed by atoms with van der Waals surface area (Å²) in [6.45, 7) is 1.63. The molecule has 10 heteroatoms. The lowest BCUT2D eigenvalue weighted by Gasteiger charge is -2.02. The van der Waals surface area contributed by atoms with Crippen LogP contribution in [-0.2, 0) is 16.4 Å². The molecule has 0 aliphatic heterocycles. The van der Waals surface area contributed by atoms with Crippen LogP contribution in [0.4, 0.5) is 5.69 Å². The number of aromatic nitrogens is 1. The number of nitrogens with zero attached hydrogens (tertiary/aromatic N) is 3. The molecule has 0 radical (unpaired) electrons. The van der Waals surface area contributed by atoms with Crippen molar-refractivity contribution in [2.45, 2.75) is 18.4 Å². The number of carbonyl (C=O) groups excluding carboxylic acids is 1. The van der Waals surface area contributed by atoms with E-state index < -0.39 is 20.7 Å². The summed E-state index contributed by atoms with van der Waals surface area (Å²) in [6.07, 6.45) is 5.41. The van der Waals surface area contributed by atoms with Crippen molar-refractivity contribution < 1.29 is 18.1 Å². The highest BCUT2D eigenvalue weighted by molar-refractivity contribution is 7.91. The first-order chi connectivity index (χ1) is 13.8. The summed E-state index contributed by atoms with van der Waals surface area (Å²) >= 11 is 1.18. The highest BCUT2D eigenvalue weighted by Crippen LogP contribution is 2.23. The average molecular weight is 429 g/mol. The van der Waals surface area contributed by atoms with Crippen LogP contribution in [0.5, 0.6) is 0 Å². The zero-order chi connectivity index (χ0) is 21.2. The minimum Gasteiger partial charge on any atom is -0.304 e. The molecule has 0 atom stereocenters. The third-order valence-corrected chi connectivity index (χ3v) is 6.97. The molecule has 0 unspecified atom stereocenters. The van der Waals surface area contributed by atoms with Crippen LogP contribution in [0, 0.1) is 22.5 Å². The Labute approximate surface area is 170 Å². The van der Waals surface area contributed by atoms with Gasteiger partial charge in [0.15, 0.2) is 14.6 Å². The molecule has 0 aliphatic rings. The summed E-state index contributed by atoms with van der Waals surface area (Å²) in [5, 5.41) is 11.0. The number of terminal acetylenes is 1. The third kappa shape index (κ3) is 4.11. The van der Waals surface area contributed by atoms with Gasteiger partial charge in [-0.2, -0.15) is 4.99 Å². The zero-order valence-corrected chi connectivity index (χ0v) is 16.9. The standard InChI is InChI=1S/C19H15N3O5S2/c1-3-11-21-16-12-14(22(24)25)7-10-17(16)28-19(21)20-18(23)13-5-8-15(9-6-13)29(26,27)4-2/h1,5-10,12H,4,11H2,2H3. The predicted octanol–water partition coefficient (Wildman–Crippen LogP) is 2.78. The number of nitro benzene ring substituents is 1. The second-order valence-electron chi connectivity index (χ2n) is 5.93. The maximum atomic E-state index is 12.6. The van der Waals surface area contributed by atoms with E-state index >= 15 is 0 Å². The normalized spacial score (nSPS) is 12.1. The van der Waals surface area contributed by atoms with Crippen molar-refractivity contribution in [3.8, 4) is 12.3 Å². The van der Waals surface area contributed by atoms with Gasteiger partial charge in [0, 0.05) is 17.7 Å². The fraction of sp³-hybridized carbons (Fsp3) is 0.158. The van der Waals surface area contributed by atoms with Crippen LogP contribution in [0.25, 0.3) is 10.2 Å². The number of benzene rings is 2. The monoisotopic (exact) mass is 429 g/mol. The molecule has 0 N–H and O–H groups in total. The van der Waals surface area contributed by atoms with Crippen molar-refractivity contribution in [2.24, 2.45) is 4.99 Å². The molecule has 1 heterocycles. The van der Waals surface area contributed by atoms with Gasteiger partial charge in [0.2, 0.25) is 0 Å². The summed E-state index contributed by atoms with van der Waals surface area (Å²) in [7, 11) is -3.36. The number of sulfone groups is 1. The van der Waals surface area contributed by atoms with Crippen LogP contribution in [0.3, 0.4) is 0 Å². The molecule has 3 rings (SSSR count). The lowest BCUT2D eigenvalue weighted by atomic mass is 10.2. The molecule has 8 nitrogen and oxygen atoms in total. The Balaban J connectivity index is 2.07. The molecule has 0 saturated heterocycles. The first-order valence-electron chi connectivity index (χ1n) is 8.40. The number of carbonyl (C=O) groups is 1. The fourth-order valence-corrected chi connectivity index (χ4v) is 4.52. The second kappa shape index (κ2) is 7.98. The number of fused-ring (bicyclic) bond motifs is 1. The van der Waals surface area contributed by atoms with Gasteiger partial charge in [0.05, 0.1) is 32.3 Å². The van der Waals surface area contributed by atoms with E-state index in [1.54, 1.807) is 17.6 Å². The Bertz CT molecular complexity index is 1330. The van der Waals surface area contributed by atoms with Crippen LogP contribution in [0.15, 0.2) is 52.4 Å². The summed E-state index contributed by atoms with van der Waals surface area (Å²) in [5.41, 5.74) is 0.639. The first-order valence-corrected chi connectivity index (χ1v) is 10.9. The van der Waals surface area contributed by atoms with E-state index in [2.05, 4.69) is 10.9 Å². The van der Waals surface area contributed by atoms with Crippen LogP contribution in [0.2, 0.25) is 0 Å². The SMILES string of the molecule is C#CCn1c(=NC(=O)c2ccc(S(=O)(=O)CC)cc2)sc2ccc([N+](=O)[O-])cc21. The Hall–Kier alpha value is -3.29. The maximum absolute atomic E-state index is 12.6. The average Bonchev–Trinajstić information content (AvgIpc) is 3.04. The van der Waals surface area contributed by atoms with Gasteiger partial charge in [-0.15, -0.1) is 6.42 Å². The van der Waals surface area contributed by atoms with Crippen molar-refractivity contribution in [3.63, 3.8) is 0 Å². The summed E-state index contributed by atoms with van der Waals surface area (Å²) in [6, 6.07) is 9.88. The Kier molecular flexibility index (Phi) is 5.63. The molecule has 1 amide bonds. The molecular weight excluding hydrogens is 414 g/mol. The van der Waals surface area contributed by atoms with E-state index in [0.717, 1.165) is 0 Å². The smallest absolute Gasteiger partial charge is 0.279 e. The van der Waals surface area contributed by atoms with Crippen molar-refractivity contribution in [2.75, 3.05) is 5.75 Å². The third-order valence-electron chi connectivity index (χ3n) is 4.16. The van der Waals surface area contributed by atoms with Gasteiger partial charge in [-0.3, -0.25) is 14.9 Å². The van der Waals surface area contributed by atoms with Crippen molar-refractivity contribution in [1.82, 2.24) is 4.57 Å². The minimum atomic E-state index is -3.36. The topological polar surface area (TPSA) is 112 Å². The van der Waals surface area contributed by atoms with Crippen LogP contribution < -0.4 is 4.80 Å². The van der Waals surface area contributed by atoms with Gasteiger partial charge in [0.25, 0.3) is 11.6 Å². The lowest BCUT2D eigenvalue weighted by Crippen LogP contribution is -2.16. The highest BCUT2D eigenvalue weighted by Gasteiger charge is 2.15. The molecule has 0 spiro atoms. The van der Waals surface area contributed by atoms with Crippen molar-refractivity contribution in [1.29, 1.82) is 0 Å². The van der Waals surface area contributed by atoms with Crippen LogP contribution >= 0.6 is 11.3 Å². The molecule has 0 aliphatic carbocycles. The van der Waals surface area contributed by atoms with Crippen LogP contribution in [0.1, 0.15) is 17.3 Å². The quantitative estimate of drug-likeness (QED) is 0.352. The number of hydrogen-bond acceptors (Lipinski definition) is 6. The van der Waals surface area contributed by atoms with E-state index in [1.165, 1.54) is 47.7 Å². The number of non-ortho nitro benzene ring substituents is 1. The molecule has 0 fully saturated rings. The lowest BCUT2D eigenvalue weighted by molar-refractivity contribution is -0.384. The number of amides is 1. The molecular formula is C19H15N3O5S2. The Morgan fingerprint density at radius 1 is 1.28 bits per heavy atom. The highest BCUT2D eigenvalue weighted by atomic mass is 32.2. The summed E-state index contributed by atoms with van der Waals surface area (Å²) in [4.78, 5) is 27.6. The van der Waals surface area contributed by atoms with Gasteiger partial charge >= 0.3 is 0 Å². The van der Waals surface area contributed by atoms with E-state index in [-0.39, 0.29) is 28.4 Å². The number of nitro groups is 1. The van der Waals surface area contributed by atoms with E-state index in [1.807, 2.05) is 0 Å². The number of hydrogen-bond donors (Lipinski definition) is 0. The van der Waals surface area contributed by atoms with Gasteiger partial charge in [-0.25, -0.2) is 8.42 Å². The van der Waals surface area contributed by atoms with Gasteiger partial charge in [0.1, 0.15) is 0 Å². The number of rotatable bonds is 5. The summed E-state index contributed by atoms with van der Waals surface area (Å²) < 4.78 is 26.0. The van der Waals surface area contributed by atoms with Gasteiger partial charge < -0.3 is 4.57 Å². The Morgan fingerprint density at radius 3 is 2.55 bits per heavy atom. The van der Waals surface area contributed by atoms with E-state index in [9.17, 15) is 23.3 Å². The molecule has 29 heavy (non-hydrogen) atoms. The van der Waals surface area contributed by atoms with E-state index in [0.29, 0.717) is 15.0 Å². The largest absolute Gasteiger partial charge is 0.304 e. The molecule has 2 aromatic carbocycles. The molecule has 148 valence electrons. The molecule has 3 aromatic rings. The molecule has 0 saturated carbocycles. The fourth-order valence-electron chi connectivity index (χ4n) is 2.62. The minimum absolute atomic E-state index is 0.0370. The van der Waals surface area contributed by atoms with Crippen LogP contribution in [-0.4, -0.2) is 29.6 Å².